The van der Waals surface area contributed by atoms with Crippen LogP contribution in [0.5, 0.6) is 0 Å². The lowest BCUT2D eigenvalue weighted by Crippen LogP contribution is -2.48. The molecule has 2 fully saturated rings. The second-order valence-electron chi connectivity index (χ2n) is 4.07. The van der Waals surface area contributed by atoms with Gasteiger partial charge in [0.1, 0.15) is 0 Å². The van der Waals surface area contributed by atoms with Gasteiger partial charge in [0.15, 0.2) is 0 Å². The fraction of sp³-hybridized carbons (Fsp3) is 1.00. The SMILES string of the molecule is NC1CCCCC12CCC2. The molecule has 0 saturated heterocycles. The molecule has 0 aromatic carbocycles. The van der Waals surface area contributed by atoms with Gasteiger partial charge in [-0.2, -0.15) is 0 Å². The van der Waals surface area contributed by atoms with Crippen molar-refractivity contribution in [1.29, 1.82) is 0 Å². The standard InChI is InChI=1S/C9H17N/c10-8-4-1-2-5-9(8)6-3-7-9/h8H,1-7,10H2. The van der Waals surface area contributed by atoms with Crippen LogP contribution in [-0.4, -0.2) is 6.04 Å². The average molecular weight is 139 g/mol. The van der Waals surface area contributed by atoms with Gasteiger partial charge in [0.05, 0.1) is 0 Å². The van der Waals surface area contributed by atoms with Crippen LogP contribution in [0.1, 0.15) is 44.9 Å². The Kier molecular flexibility index (Phi) is 1.48. The molecule has 2 aliphatic rings. The topological polar surface area (TPSA) is 26.0 Å². The van der Waals surface area contributed by atoms with Crippen molar-refractivity contribution in [3.05, 3.63) is 0 Å². The van der Waals surface area contributed by atoms with Crippen LogP contribution in [0.3, 0.4) is 0 Å². The largest absolute Gasteiger partial charge is 0.327 e. The lowest BCUT2D eigenvalue weighted by molar-refractivity contribution is 0.0520. The molecule has 58 valence electrons. The van der Waals surface area contributed by atoms with Crippen LogP contribution in [0.15, 0.2) is 0 Å². The molecular weight excluding hydrogens is 122 g/mol. The van der Waals surface area contributed by atoms with Crippen molar-refractivity contribution >= 4 is 0 Å². The first-order valence-electron chi connectivity index (χ1n) is 4.59. The summed E-state index contributed by atoms with van der Waals surface area (Å²) >= 11 is 0. The molecule has 0 radical (unpaired) electrons. The summed E-state index contributed by atoms with van der Waals surface area (Å²) in [5, 5.41) is 0. The summed E-state index contributed by atoms with van der Waals surface area (Å²) in [5.74, 6) is 0. The first kappa shape index (κ1) is 6.66. The van der Waals surface area contributed by atoms with Gasteiger partial charge in [-0.25, -0.2) is 0 Å². The summed E-state index contributed by atoms with van der Waals surface area (Å²) in [6, 6.07) is 0.551. The van der Waals surface area contributed by atoms with Gasteiger partial charge in [-0.05, 0) is 31.1 Å². The Bertz CT molecular complexity index is 127. The Balaban J connectivity index is 2.03. The number of nitrogens with two attached hydrogens (primary N) is 1. The average Bonchev–Trinajstić information content (AvgIpc) is 1.85. The molecule has 0 aromatic rings. The van der Waals surface area contributed by atoms with E-state index in [0.717, 1.165) is 0 Å². The van der Waals surface area contributed by atoms with Gasteiger partial charge in [-0.15, -0.1) is 0 Å². The molecule has 2 aliphatic carbocycles. The molecule has 1 atom stereocenters. The maximum absolute atomic E-state index is 6.08. The predicted octanol–water partition coefficient (Wildman–Crippen LogP) is 2.06. The Morgan fingerprint density at radius 3 is 2.10 bits per heavy atom. The van der Waals surface area contributed by atoms with Crippen molar-refractivity contribution in [2.75, 3.05) is 0 Å². The van der Waals surface area contributed by atoms with Crippen molar-refractivity contribution in [1.82, 2.24) is 0 Å². The highest BCUT2D eigenvalue weighted by molar-refractivity contribution is 4.97. The minimum Gasteiger partial charge on any atom is -0.327 e. The minimum absolute atomic E-state index is 0.551. The summed E-state index contributed by atoms with van der Waals surface area (Å²) < 4.78 is 0. The van der Waals surface area contributed by atoms with E-state index in [4.69, 9.17) is 5.73 Å². The molecule has 1 spiro atoms. The summed E-state index contributed by atoms with van der Waals surface area (Å²) in [4.78, 5) is 0. The molecule has 0 aromatic heterocycles. The molecular formula is C9H17N. The van der Waals surface area contributed by atoms with Gasteiger partial charge in [-0.3, -0.25) is 0 Å². The number of hydrogen-bond donors (Lipinski definition) is 1. The van der Waals surface area contributed by atoms with Gasteiger partial charge >= 0.3 is 0 Å². The summed E-state index contributed by atoms with van der Waals surface area (Å²) in [7, 11) is 0. The maximum atomic E-state index is 6.08. The molecule has 2 rings (SSSR count). The smallest absolute Gasteiger partial charge is 0.00955 e. The third kappa shape index (κ3) is 0.800. The van der Waals surface area contributed by atoms with E-state index in [0.29, 0.717) is 11.5 Å². The van der Waals surface area contributed by atoms with E-state index in [1.54, 1.807) is 0 Å². The highest BCUT2D eigenvalue weighted by Gasteiger charge is 2.43. The van der Waals surface area contributed by atoms with E-state index in [1.807, 2.05) is 0 Å². The van der Waals surface area contributed by atoms with Crippen molar-refractivity contribution in [3.8, 4) is 0 Å². The van der Waals surface area contributed by atoms with Crippen LogP contribution < -0.4 is 5.73 Å². The zero-order valence-corrected chi connectivity index (χ0v) is 6.60. The minimum atomic E-state index is 0.551. The Labute approximate surface area is 63.0 Å². The van der Waals surface area contributed by atoms with Crippen LogP contribution >= 0.6 is 0 Å². The van der Waals surface area contributed by atoms with E-state index in [2.05, 4.69) is 0 Å². The predicted molar refractivity (Wildman–Crippen MR) is 42.7 cm³/mol. The van der Waals surface area contributed by atoms with E-state index < -0.39 is 0 Å². The molecule has 0 bridgehead atoms. The first-order valence-corrected chi connectivity index (χ1v) is 4.59. The maximum Gasteiger partial charge on any atom is 0.00955 e. The molecule has 0 heterocycles. The Hall–Kier alpha value is -0.0400. The fourth-order valence-corrected chi connectivity index (χ4v) is 2.58. The van der Waals surface area contributed by atoms with Gasteiger partial charge in [0, 0.05) is 6.04 Å². The van der Waals surface area contributed by atoms with Crippen LogP contribution in [0, 0.1) is 5.41 Å². The lowest BCUT2D eigenvalue weighted by atomic mass is 9.58. The van der Waals surface area contributed by atoms with E-state index >= 15 is 0 Å². The van der Waals surface area contributed by atoms with Gasteiger partial charge in [0.25, 0.3) is 0 Å². The Morgan fingerprint density at radius 2 is 1.70 bits per heavy atom. The number of hydrogen-bond acceptors (Lipinski definition) is 1. The highest BCUT2D eigenvalue weighted by atomic mass is 14.7. The van der Waals surface area contributed by atoms with Crippen LogP contribution in [0.2, 0.25) is 0 Å². The van der Waals surface area contributed by atoms with Gasteiger partial charge < -0.3 is 5.73 Å². The molecule has 2 saturated carbocycles. The summed E-state index contributed by atoms with van der Waals surface area (Å²) in [6.45, 7) is 0. The normalized spacial score (nSPS) is 37.5. The van der Waals surface area contributed by atoms with Crippen molar-refractivity contribution in [2.24, 2.45) is 11.1 Å². The molecule has 10 heavy (non-hydrogen) atoms. The van der Waals surface area contributed by atoms with Crippen molar-refractivity contribution < 1.29 is 0 Å². The monoisotopic (exact) mass is 139 g/mol. The molecule has 2 N–H and O–H groups in total. The van der Waals surface area contributed by atoms with E-state index in [9.17, 15) is 0 Å². The van der Waals surface area contributed by atoms with Crippen LogP contribution in [0.4, 0.5) is 0 Å². The number of rotatable bonds is 0. The van der Waals surface area contributed by atoms with Crippen LogP contribution in [-0.2, 0) is 0 Å². The molecule has 0 aliphatic heterocycles. The fourth-order valence-electron chi connectivity index (χ4n) is 2.58. The van der Waals surface area contributed by atoms with Crippen molar-refractivity contribution in [3.63, 3.8) is 0 Å². The first-order chi connectivity index (χ1) is 4.83. The molecule has 1 heteroatoms. The summed E-state index contributed by atoms with van der Waals surface area (Å²) in [5.41, 5.74) is 6.71. The van der Waals surface area contributed by atoms with Crippen molar-refractivity contribution in [2.45, 2.75) is 51.0 Å². The second kappa shape index (κ2) is 2.23. The molecule has 1 unspecified atom stereocenters. The zero-order chi connectivity index (χ0) is 7.03. The second-order valence-corrected chi connectivity index (χ2v) is 4.07. The molecule has 0 amide bonds. The third-order valence-corrected chi connectivity index (χ3v) is 3.58. The van der Waals surface area contributed by atoms with Gasteiger partial charge in [-0.1, -0.05) is 19.3 Å². The Morgan fingerprint density at radius 1 is 1.00 bits per heavy atom. The molecule has 1 nitrogen and oxygen atoms in total. The van der Waals surface area contributed by atoms with Crippen LogP contribution in [0.25, 0.3) is 0 Å². The lowest BCUT2D eigenvalue weighted by Gasteiger charge is -2.49. The summed E-state index contributed by atoms with van der Waals surface area (Å²) in [6.07, 6.45) is 9.82. The third-order valence-electron chi connectivity index (χ3n) is 3.58. The quantitative estimate of drug-likeness (QED) is 0.546. The van der Waals surface area contributed by atoms with Gasteiger partial charge in [0.2, 0.25) is 0 Å². The van der Waals surface area contributed by atoms with E-state index in [-0.39, 0.29) is 0 Å². The zero-order valence-electron chi connectivity index (χ0n) is 6.60. The van der Waals surface area contributed by atoms with E-state index in [1.165, 1.54) is 44.9 Å². The highest BCUT2D eigenvalue weighted by Crippen LogP contribution is 2.50.